The minimum Gasteiger partial charge on any atom is -0.464 e. The molecule has 128 valence electrons. The quantitative estimate of drug-likeness (QED) is 0.790. The maximum Gasteiger partial charge on any atom is 0.360 e. The van der Waals surface area contributed by atoms with Crippen molar-refractivity contribution in [3.05, 3.63) is 29.0 Å². The molecule has 0 aliphatic carbocycles. The molecule has 8 heteroatoms. The standard InChI is InChI=1S/C16H22N6O2/c1-10-11(2)17-12(3)18-15(10)21-7-5-6-13(8-21)22-9-14(19-20-22)16(23)24-4/h9,13H,5-8H2,1-4H3. The molecular weight excluding hydrogens is 308 g/mol. The van der Waals surface area contributed by atoms with Crippen LogP contribution in [0, 0.1) is 20.8 Å². The Hall–Kier alpha value is -2.51. The maximum atomic E-state index is 11.5. The molecule has 1 unspecified atom stereocenters. The molecule has 0 N–H and O–H groups in total. The summed E-state index contributed by atoms with van der Waals surface area (Å²) < 4.78 is 6.45. The van der Waals surface area contributed by atoms with Crippen LogP contribution in [0.2, 0.25) is 0 Å². The largest absolute Gasteiger partial charge is 0.464 e. The molecule has 24 heavy (non-hydrogen) atoms. The number of nitrogens with zero attached hydrogens (tertiary/aromatic N) is 6. The van der Waals surface area contributed by atoms with Gasteiger partial charge in [0.2, 0.25) is 0 Å². The van der Waals surface area contributed by atoms with Crippen LogP contribution in [0.1, 0.15) is 46.5 Å². The molecule has 0 saturated carbocycles. The third-order valence-corrected chi connectivity index (χ3v) is 4.45. The number of esters is 1. The summed E-state index contributed by atoms with van der Waals surface area (Å²) in [5, 5.41) is 8.00. The molecule has 1 fully saturated rings. The fraction of sp³-hybridized carbons (Fsp3) is 0.562. The monoisotopic (exact) mass is 330 g/mol. The SMILES string of the molecule is COC(=O)c1cn(C2CCCN(c3nc(C)nc(C)c3C)C2)nn1. The van der Waals surface area contributed by atoms with Crippen LogP contribution in [0.25, 0.3) is 0 Å². The lowest BCUT2D eigenvalue weighted by Gasteiger charge is -2.34. The van der Waals surface area contributed by atoms with Gasteiger partial charge in [-0.25, -0.2) is 19.4 Å². The summed E-state index contributed by atoms with van der Waals surface area (Å²) in [4.78, 5) is 22.9. The van der Waals surface area contributed by atoms with Crippen molar-refractivity contribution < 1.29 is 9.53 Å². The summed E-state index contributed by atoms with van der Waals surface area (Å²) in [6.07, 6.45) is 3.67. The van der Waals surface area contributed by atoms with Crippen molar-refractivity contribution in [3.8, 4) is 0 Å². The van der Waals surface area contributed by atoms with E-state index in [4.69, 9.17) is 0 Å². The van der Waals surface area contributed by atoms with E-state index in [1.165, 1.54) is 7.11 Å². The molecule has 0 bridgehead atoms. The Bertz CT molecular complexity index is 757. The lowest BCUT2D eigenvalue weighted by Crippen LogP contribution is -2.38. The zero-order valence-corrected chi connectivity index (χ0v) is 14.5. The zero-order chi connectivity index (χ0) is 17.3. The number of carbonyl (C=O) groups is 1. The van der Waals surface area contributed by atoms with Crippen LogP contribution in [0.3, 0.4) is 0 Å². The summed E-state index contributed by atoms with van der Waals surface area (Å²) in [6, 6.07) is 0.152. The number of hydrogen-bond acceptors (Lipinski definition) is 7. The Kier molecular flexibility index (Phi) is 4.46. The van der Waals surface area contributed by atoms with Crippen LogP contribution in [0.4, 0.5) is 5.82 Å². The molecule has 2 aromatic rings. The molecule has 2 aromatic heterocycles. The van der Waals surface area contributed by atoms with Crippen LogP contribution in [-0.4, -0.2) is 51.1 Å². The van der Waals surface area contributed by atoms with Crippen LogP contribution in [0.15, 0.2) is 6.20 Å². The van der Waals surface area contributed by atoms with E-state index in [9.17, 15) is 4.79 Å². The predicted molar refractivity (Wildman–Crippen MR) is 88.1 cm³/mol. The molecule has 1 aliphatic heterocycles. The summed E-state index contributed by atoms with van der Waals surface area (Å²) >= 11 is 0. The first kappa shape index (κ1) is 16.4. The molecule has 0 radical (unpaired) electrons. The third-order valence-electron chi connectivity index (χ3n) is 4.45. The molecule has 1 saturated heterocycles. The van der Waals surface area contributed by atoms with Gasteiger partial charge in [-0.05, 0) is 33.6 Å². The number of rotatable bonds is 3. The van der Waals surface area contributed by atoms with Gasteiger partial charge in [0.1, 0.15) is 11.6 Å². The highest BCUT2D eigenvalue weighted by molar-refractivity contribution is 5.86. The number of anilines is 1. The number of aromatic nitrogens is 5. The predicted octanol–water partition coefficient (Wildman–Crippen LogP) is 1.62. The number of piperidine rings is 1. The van der Waals surface area contributed by atoms with Crippen molar-refractivity contribution in [3.63, 3.8) is 0 Å². The fourth-order valence-corrected chi connectivity index (χ4v) is 3.07. The first-order valence-corrected chi connectivity index (χ1v) is 8.06. The molecule has 8 nitrogen and oxygen atoms in total. The average molecular weight is 330 g/mol. The highest BCUT2D eigenvalue weighted by Crippen LogP contribution is 2.27. The first-order chi connectivity index (χ1) is 11.5. The van der Waals surface area contributed by atoms with E-state index >= 15 is 0 Å². The van der Waals surface area contributed by atoms with Crippen molar-refractivity contribution in [1.29, 1.82) is 0 Å². The molecule has 1 atom stereocenters. The summed E-state index contributed by atoms with van der Waals surface area (Å²) in [6.45, 7) is 7.71. The average Bonchev–Trinajstić information content (AvgIpc) is 3.07. The van der Waals surface area contributed by atoms with Crippen LogP contribution in [0.5, 0.6) is 0 Å². The summed E-state index contributed by atoms with van der Waals surface area (Å²) in [5.41, 5.74) is 2.35. The molecule has 3 rings (SSSR count). The van der Waals surface area contributed by atoms with Crippen molar-refractivity contribution in [2.75, 3.05) is 25.1 Å². The van der Waals surface area contributed by atoms with Gasteiger partial charge in [-0.1, -0.05) is 5.21 Å². The topological polar surface area (TPSA) is 86.0 Å². The van der Waals surface area contributed by atoms with Gasteiger partial charge in [-0.3, -0.25) is 0 Å². The Morgan fingerprint density at radius 1 is 1.29 bits per heavy atom. The van der Waals surface area contributed by atoms with Gasteiger partial charge in [0.25, 0.3) is 0 Å². The second-order valence-corrected chi connectivity index (χ2v) is 6.12. The van der Waals surface area contributed by atoms with Gasteiger partial charge < -0.3 is 9.64 Å². The molecule has 0 aromatic carbocycles. The van der Waals surface area contributed by atoms with E-state index in [2.05, 4.69) is 36.8 Å². The number of methoxy groups -OCH3 is 1. The molecule has 3 heterocycles. The van der Waals surface area contributed by atoms with Gasteiger partial charge in [-0.15, -0.1) is 5.10 Å². The van der Waals surface area contributed by atoms with Gasteiger partial charge in [0.05, 0.1) is 19.3 Å². The molecule has 1 aliphatic rings. The van der Waals surface area contributed by atoms with E-state index < -0.39 is 5.97 Å². The van der Waals surface area contributed by atoms with E-state index in [1.54, 1.807) is 10.9 Å². The smallest absolute Gasteiger partial charge is 0.360 e. The van der Waals surface area contributed by atoms with Gasteiger partial charge in [0.15, 0.2) is 5.69 Å². The minimum absolute atomic E-state index is 0.152. The Morgan fingerprint density at radius 3 is 2.83 bits per heavy atom. The molecular formula is C16H22N6O2. The highest BCUT2D eigenvalue weighted by Gasteiger charge is 2.26. The third kappa shape index (κ3) is 3.08. The number of ether oxygens (including phenoxy) is 1. The number of carbonyl (C=O) groups excluding carboxylic acids is 1. The normalized spacial score (nSPS) is 17.8. The van der Waals surface area contributed by atoms with Crippen molar-refractivity contribution in [2.45, 2.75) is 39.7 Å². The Labute approximate surface area is 140 Å². The lowest BCUT2D eigenvalue weighted by atomic mass is 10.1. The molecule has 0 amide bonds. The van der Waals surface area contributed by atoms with Gasteiger partial charge in [0, 0.05) is 24.3 Å². The van der Waals surface area contributed by atoms with Crippen LogP contribution < -0.4 is 4.90 Å². The lowest BCUT2D eigenvalue weighted by molar-refractivity contribution is 0.0594. The van der Waals surface area contributed by atoms with Crippen molar-refractivity contribution in [2.24, 2.45) is 0 Å². The summed E-state index contributed by atoms with van der Waals surface area (Å²) in [7, 11) is 1.34. The van der Waals surface area contributed by atoms with Crippen molar-refractivity contribution in [1.82, 2.24) is 25.0 Å². The fourth-order valence-electron chi connectivity index (χ4n) is 3.07. The summed E-state index contributed by atoms with van der Waals surface area (Å²) in [5.74, 6) is 1.30. The minimum atomic E-state index is -0.466. The van der Waals surface area contributed by atoms with E-state index in [-0.39, 0.29) is 11.7 Å². The highest BCUT2D eigenvalue weighted by atomic mass is 16.5. The van der Waals surface area contributed by atoms with Crippen LogP contribution >= 0.6 is 0 Å². The number of hydrogen-bond donors (Lipinski definition) is 0. The second kappa shape index (κ2) is 6.54. The molecule has 0 spiro atoms. The van der Waals surface area contributed by atoms with E-state index in [0.717, 1.165) is 48.8 Å². The van der Waals surface area contributed by atoms with E-state index in [1.807, 2.05) is 13.8 Å². The zero-order valence-electron chi connectivity index (χ0n) is 14.5. The Morgan fingerprint density at radius 2 is 2.08 bits per heavy atom. The van der Waals surface area contributed by atoms with Crippen LogP contribution in [-0.2, 0) is 4.74 Å². The van der Waals surface area contributed by atoms with E-state index in [0.29, 0.717) is 0 Å². The Balaban J connectivity index is 1.82. The first-order valence-electron chi connectivity index (χ1n) is 8.06. The second-order valence-electron chi connectivity index (χ2n) is 6.12. The maximum absolute atomic E-state index is 11.5. The van der Waals surface area contributed by atoms with Gasteiger partial charge in [-0.2, -0.15) is 0 Å². The number of aryl methyl sites for hydroxylation is 2. The van der Waals surface area contributed by atoms with Gasteiger partial charge >= 0.3 is 5.97 Å². The van der Waals surface area contributed by atoms with Crippen molar-refractivity contribution >= 4 is 11.8 Å².